The molecule has 2 N–H and O–H groups in total. The van der Waals surface area contributed by atoms with Crippen molar-refractivity contribution in [1.82, 2.24) is 10.3 Å². The van der Waals surface area contributed by atoms with E-state index in [9.17, 15) is 4.79 Å². The Labute approximate surface area is 171 Å². The molecule has 0 unspecified atom stereocenters. The number of methoxy groups -OCH3 is 1. The molecule has 1 heterocycles. The van der Waals surface area contributed by atoms with E-state index in [1.165, 1.54) is 5.56 Å². The third-order valence-corrected chi connectivity index (χ3v) is 4.56. The second-order valence-electron chi connectivity index (χ2n) is 7.83. The van der Waals surface area contributed by atoms with Gasteiger partial charge in [0.05, 0.1) is 12.8 Å². The Balaban J connectivity index is 1.47. The minimum absolute atomic E-state index is 0.0864. The molecule has 0 aliphatic rings. The van der Waals surface area contributed by atoms with Crippen LogP contribution in [0.25, 0.3) is 11.5 Å². The monoisotopic (exact) mass is 393 g/mol. The van der Waals surface area contributed by atoms with Crippen LogP contribution in [0, 0.1) is 0 Å². The molecule has 29 heavy (non-hydrogen) atoms. The van der Waals surface area contributed by atoms with Gasteiger partial charge in [-0.2, -0.15) is 0 Å². The van der Waals surface area contributed by atoms with Crippen LogP contribution in [0.2, 0.25) is 0 Å². The third kappa shape index (κ3) is 5.60. The highest BCUT2D eigenvalue weighted by molar-refractivity contribution is 5.89. The second kappa shape index (κ2) is 8.82. The summed E-state index contributed by atoms with van der Waals surface area (Å²) in [5.41, 5.74) is 3.73. The van der Waals surface area contributed by atoms with Crippen LogP contribution in [0.5, 0.6) is 5.75 Å². The molecule has 6 heteroatoms. The number of urea groups is 1. The molecule has 0 saturated carbocycles. The average Bonchev–Trinajstić information content (AvgIpc) is 3.16. The van der Waals surface area contributed by atoms with E-state index in [0.717, 1.165) is 22.7 Å². The highest BCUT2D eigenvalue weighted by atomic mass is 16.5. The molecule has 0 fully saturated rings. The van der Waals surface area contributed by atoms with Crippen molar-refractivity contribution in [3.05, 3.63) is 66.1 Å². The molecule has 0 saturated heterocycles. The molecule has 2 aromatic carbocycles. The maximum atomic E-state index is 12.1. The molecule has 0 atom stereocenters. The van der Waals surface area contributed by atoms with Gasteiger partial charge in [-0.3, -0.25) is 0 Å². The average molecular weight is 393 g/mol. The predicted molar refractivity (Wildman–Crippen MR) is 114 cm³/mol. The quantitative estimate of drug-likeness (QED) is 0.617. The molecule has 0 aliphatic heterocycles. The van der Waals surface area contributed by atoms with E-state index in [2.05, 4.69) is 36.4 Å². The highest BCUT2D eigenvalue weighted by Crippen LogP contribution is 2.24. The molecular weight excluding hydrogens is 366 g/mol. The number of hydrogen-bond donors (Lipinski definition) is 2. The van der Waals surface area contributed by atoms with Gasteiger partial charge >= 0.3 is 6.03 Å². The van der Waals surface area contributed by atoms with E-state index in [4.69, 9.17) is 9.15 Å². The fraction of sp³-hybridized carbons (Fsp3) is 0.304. The van der Waals surface area contributed by atoms with Gasteiger partial charge in [-0.1, -0.05) is 32.9 Å². The van der Waals surface area contributed by atoms with Crippen LogP contribution in [0.15, 0.2) is 59.2 Å². The van der Waals surface area contributed by atoms with Gasteiger partial charge in [0.15, 0.2) is 0 Å². The van der Waals surface area contributed by atoms with Gasteiger partial charge in [0.25, 0.3) is 0 Å². The number of amides is 2. The molecular formula is C23H27N3O3. The molecule has 2 amide bonds. The summed E-state index contributed by atoms with van der Waals surface area (Å²) in [6.45, 7) is 6.94. The number of carbonyl (C=O) groups is 1. The van der Waals surface area contributed by atoms with Gasteiger partial charge in [-0.15, -0.1) is 0 Å². The van der Waals surface area contributed by atoms with Crippen molar-refractivity contribution in [2.24, 2.45) is 0 Å². The standard InChI is InChI=1S/C23H27N3O3/c1-23(2,3)17-7-9-18(10-8-17)26-22(27)24-14-13-19-15-29-21(25-19)16-5-11-20(28-4)12-6-16/h5-12,15H,13-14H2,1-4H3,(H2,24,26,27). The zero-order chi connectivity index (χ0) is 20.9. The molecule has 0 bridgehead atoms. The number of aromatic nitrogens is 1. The van der Waals surface area contributed by atoms with Crippen molar-refractivity contribution in [2.45, 2.75) is 32.6 Å². The molecule has 0 radical (unpaired) electrons. The van der Waals surface area contributed by atoms with Crippen molar-refractivity contribution < 1.29 is 13.9 Å². The van der Waals surface area contributed by atoms with E-state index < -0.39 is 0 Å². The summed E-state index contributed by atoms with van der Waals surface area (Å²) in [4.78, 5) is 16.6. The lowest BCUT2D eigenvalue weighted by atomic mass is 9.87. The van der Waals surface area contributed by atoms with Crippen LogP contribution in [0.4, 0.5) is 10.5 Å². The Morgan fingerprint density at radius 3 is 2.38 bits per heavy atom. The first kappa shape index (κ1) is 20.5. The smallest absolute Gasteiger partial charge is 0.319 e. The van der Waals surface area contributed by atoms with Gasteiger partial charge in [-0.05, 0) is 47.4 Å². The fourth-order valence-electron chi connectivity index (χ4n) is 2.82. The Morgan fingerprint density at radius 2 is 1.76 bits per heavy atom. The number of nitrogens with one attached hydrogen (secondary N) is 2. The number of rotatable bonds is 6. The van der Waals surface area contributed by atoms with E-state index >= 15 is 0 Å². The normalized spacial score (nSPS) is 11.2. The van der Waals surface area contributed by atoms with E-state index in [1.807, 2.05) is 48.5 Å². The second-order valence-corrected chi connectivity index (χ2v) is 7.83. The number of anilines is 1. The number of hydrogen-bond acceptors (Lipinski definition) is 4. The van der Waals surface area contributed by atoms with Gasteiger partial charge in [0.1, 0.15) is 12.0 Å². The first-order chi connectivity index (χ1) is 13.8. The van der Waals surface area contributed by atoms with Crippen LogP contribution in [-0.2, 0) is 11.8 Å². The lowest BCUT2D eigenvalue weighted by Crippen LogP contribution is -2.30. The van der Waals surface area contributed by atoms with Crippen molar-refractivity contribution >= 4 is 11.7 Å². The summed E-state index contributed by atoms with van der Waals surface area (Å²) in [5.74, 6) is 1.33. The van der Waals surface area contributed by atoms with Crippen molar-refractivity contribution in [2.75, 3.05) is 19.0 Å². The minimum Gasteiger partial charge on any atom is -0.497 e. The van der Waals surface area contributed by atoms with E-state index in [-0.39, 0.29) is 11.4 Å². The number of carbonyl (C=O) groups excluding carboxylic acids is 1. The largest absolute Gasteiger partial charge is 0.497 e. The van der Waals surface area contributed by atoms with Crippen molar-refractivity contribution in [1.29, 1.82) is 0 Å². The first-order valence-electron chi connectivity index (χ1n) is 9.59. The molecule has 6 nitrogen and oxygen atoms in total. The number of ether oxygens (including phenoxy) is 1. The molecule has 3 rings (SSSR count). The number of nitrogens with zero attached hydrogens (tertiary/aromatic N) is 1. The maximum absolute atomic E-state index is 12.1. The number of oxazole rings is 1. The molecule has 0 spiro atoms. The van der Waals surface area contributed by atoms with E-state index in [0.29, 0.717) is 18.9 Å². The SMILES string of the molecule is COc1ccc(-c2nc(CCNC(=O)Nc3ccc(C(C)(C)C)cc3)co2)cc1. The van der Waals surface area contributed by atoms with Gasteiger partial charge < -0.3 is 19.8 Å². The van der Waals surface area contributed by atoms with Gasteiger partial charge in [0.2, 0.25) is 5.89 Å². The van der Waals surface area contributed by atoms with E-state index in [1.54, 1.807) is 13.4 Å². The van der Waals surface area contributed by atoms with Crippen LogP contribution in [-0.4, -0.2) is 24.7 Å². The summed E-state index contributed by atoms with van der Waals surface area (Å²) in [6, 6.07) is 15.2. The third-order valence-electron chi connectivity index (χ3n) is 4.56. The van der Waals surface area contributed by atoms with Crippen LogP contribution < -0.4 is 15.4 Å². The minimum atomic E-state index is -0.243. The molecule has 3 aromatic rings. The first-order valence-corrected chi connectivity index (χ1v) is 9.59. The fourth-order valence-corrected chi connectivity index (χ4v) is 2.82. The Bertz CT molecular complexity index is 939. The van der Waals surface area contributed by atoms with Crippen LogP contribution in [0.3, 0.4) is 0 Å². The highest BCUT2D eigenvalue weighted by Gasteiger charge is 2.13. The lowest BCUT2D eigenvalue weighted by molar-refractivity contribution is 0.252. The zero-order valence-electron chi connectivity index (χ0n) is 17.3. The predicted octanol–water partition coefficient (Wildman–Crippen LogP) is 5.01. The van der Waals surface area contributed by atoms with Gasteiger partial charge in [0, 0.05) is 24.2 Å². The van der Waals surface area contributed by atoms with Crippen molar-refractivity contribution in [3.8, 4) is 17.2 Å². The zero-order valence-corrected chi connectivity index (χ0v) is 17.3. The van der Waals surface area contributed by atoms with Crippen LogP contribution >= 0.6 is 0 Å². The van der Waals surface area contributed by atoms with Gasteiger partial charge in [-0.25, -0.2) is 9.78 Å². The summed E-state index contributed by atoms with van der Waals surface area (Å²) < 4.78 is 10.7. The number of benzene rings is 2. The summed E-state index contributed by atoms with van der Waals surface area (Å²) in [7, 11) is 1.63. The topological polar surface area (TPSA) is 76.4 Å². The molecule has 0 aliphatic carbocycles. The Morgan fingerprint density at radius 1 is 1.07 bits per heavy atom. The summed E-state index contributed by atoms with van der Waals surface area (Å²) >= 11 is 0. The summed E-state index contributed by atoms with van der Waals surface area (Å²) in [6.07, 6.45) is 2.19. The lowest BCUT2D eigenvalue weighted by Gasteiger charge is -2.19. The summed E-state index contributed by atoms with van der Waals surface area (Å²) in [5, 5.41) is 5.68. The van der Waals surface area contributed by atoms with Crippen LogP contribution in [0.1, 0.15) is 32.0 Å². The Kier molecular flexibility index (Phi) is 6.22. The Hall–Kier alpha value is -3.28. The molecule has 1 aromatic heterocycles. The maximum Gasteiger partial charge on any atom is 0.319 e. The van der Waals surface area contributed by atoms with Crippen molar-refractivity contribution in [3.63, 3.8) is 0 Å². The molecule has 152 valence electrons.